The number of likely N-dealkylation sites (tertiary alicyclic amines) is 1. The molecule has 45 heavy (non-hydrogen) atoms. The Morgan fingerprint density at radius 1 is 1.11 bits per heavy atom. The van der Waals surface area contributed by atoms with E-state index in [1.807, 2.05) is 18.2 Å². The second-order valence-electron chi connectivity index (χ2n) is 14.2. The van der Waals surface area contributed by atoms with Crippen LogP contribution in [0.15, 0.2) is 52.4 Å². The molecular weight excluding hydrogens is 562 g/mol. The van der Waals surface area contributed by atoms with Crippen LogP contribution >= 0.6 is 0 Å². The number of aliphatic hydroxyl groups is 1. The van der Waals surface area contributed by atoms with Crippen molar-refractivity contribution < 1.29 is 9.90 Å². The summed E-state index contributed by atoms with van der Waals surface area (Å²) in [5.41, 5.74) is 7.51. The van der Waals surface area contributed by atoms with Gasteiger partial charge in [-0.1, -0.05) is 45.0 Å². The van der Waals surface area contributed by atoms with Gasteiger partial charge in [-0.05, 0) is 96.7 Å². The van der Waals surface area contributed by atoms with Gasteiger partial charge in [-0.15, -0.1) is 0 Å². The molecule has 1 aliphatic carbocycles. The molecule has 0 saturated carbocycles. The molecule has 0 spiro atoms. The van der Waals surface area contributed by atoms with Gasteiger partial charge >= 0.3 is 0 Å². The number of nitriles is 1. The Morgan fingerprint density at radius 2 is 1.87 bits per heavy atom. The largest absolute Gasteiger partial charge is 0.393 e. The summed E-state index contributed by atoms with van der Waals surface area (Å²) < 4.78 is 0. The minimum Gasteiger partial charge on any atom is -0.393 e. The van der Waals surface area contributed by atoms with Crippen molar-refractivity contribution in [2.75, 3.05) is 19.6 Å². The van der Waals surface area contributed by atoms with Gasteiger partial charge in [-0.25, -0.2) is 4.99 Å². The van der Waals surface area contributed by atoms with Crippen molar-refractivity contribution in [1.29, 1.82) is 5.26 Å². The van der Waals surface area contributed by atoms with Gasteiger partial charge in [0.25, 0.3) is 5.56 Å². The van der Waals surface area contributed by atoms with Crippen LogP contribution in [0.5, 0.6) is 0 Å². The molecule has 8 nitrogen and oxygen atoms in total. The molecule has 0 radical (unpaired) electrons. The van der Waals surface area contributed by atoms with Crippen molar-refractivity contribution in [3.63, 3.8) is 0 Å². The van der Waals surface area contributed by atoms with Crippen LogP contribution in [0.25, 0.3) is 11.1 Å². The molecule has 2 N–H and O–H groups in total. The molecule has 234 valence electrons. The Morgan fingerprint density at radius 3 is 2.58 bits per heavy atom. The second-order valence-corrected chi connectivity index (χ2v) is 14.2. The van der Waals surface area contributed by atoms with Gasteiger partial charge in [0.1, 0.15) is 11.6 Å². The Kier molecular flexibility index (Phi) is 8.85. The number of piperidine rings is 1. The fourth-order valence-electron chi connectivity index (χ4n) is 7.06. The van der Waals surface area contributed by atoms with Gasteiger partial charge < -0.3 is 15.0 Å². The van der Waals surface area contributed by atoms with Crippen LogP contribution in [0.2, 0.25) is 0 Å². The highest BCUT2D eigenvalue weighted by Crippen LogP contribution is 2.39. The van der Waals surface area contributed by atoms with Gasteiger partial charge in [0.05, 0.1) is 23.2 Å². The predicted octanol–water partition coefficient (Wildman–Crippen LogP) is 5.68. The molecule has 0 bridgehead atoms. The highest BCUT2D eigenvalue weighted by atomic mass is 16.3. The molecule has 3 aliphatic rings. The van der Waals surface area contributed by atoms with Gasteiger partial charge in [0, 0.05) is 37.8 Å². The van der Waals surface area contributed by atoms with Gasteiger partial charge in [-0.2, -0.15) is 5.26 Å². The van der Waals surface area contributed by atoms with Crippen molar-refractivity contribution in [2.24, 2.45) is 16.3 Å². The first-order valence-corrected chi connectivity index (χ1v) is 16.3. The minimum atomic E-state index is -0.400. The summed E-state index contributed by atoms with van der Waals surface area (Å²) in [7, 11) is 0. The fourth-order valence-corrected chi connectivity index (χ4v) is 7.06. The normalized spacial score (nSPS) is 19.4. The lowest BCUT2D eigenvalue weighted by Gasteiger charge is -2.34. The summed E-state index contributed by atoms with van der Waals surface area (Å²) in [6.45, 7) is 9.51. The van der Waals surface area contributed by atoms with Crippen LogP contribution in [-0.2, 0) is 24.1 Å². The molecule has 0 unspecified atom stereocenters. The van der Waals surface area contributed by atoms with Crippen LogP contribution < -0.4 is 5.56 Å². The average molecular weight is 606 g/mol. The molecule has 0 amide bonds. The fraction of sp³-hybridized carbons (Fsp3) is 0.486. The lowest BCUT2D eigenvalue weighted by Crippen LogP contribution is -2.37. The molecule has 1 aromatic carbocycles. The van der Waals surface area contributed by atoms with E-state index >= 15 is 0 Å². The van der Waals surface area contributed by atoms with E-state index in [1.165, 1.54) is 11.3 Å². The van der Waals surface area contributed by atoms with Crippen LogP contribution in [0.4, 0.5) is 5.69 Å². The van der Waals surface area contributed by atoms with Crippen molar-refractivity contribution in [2.45, 2.75) is 84.2 Å². The average Bonchev–Trinajstić information content (AvgIpc) is 3.45. The third-order valence-corrected chi connectivity index (χ3v) is 10.1. The monoisotopic (exact) mass is 605 g/mol. The highest BCUT2D eigenvalue weighted by Gasteiger charge is 2.32. The number of carbonyl (C=O) groups is 1. The number of rotatable bonds is 8. The number of nitrogens with one attached hydrogen (secondary N) is 1. The third kappa shape index (κ3) is 7.00. The summed E-state index contributed by atoms with van der Waals surface area (Å²) in [6, 6.07) is 13.8. The van der Waals surface area contributed by atoms with Gasteiger partial charge in [0.2, 0.25) is 0 Å². The maximum atomic E-state index is 13.8. The molecule has 2 aliphatic heterocycles. The topological polar surface area (TPSA) is 122 Å². The molecule has 3 aromatic rings. The number of fused-ring (bicyclic) bond motifs is 2. The number of H-pyrrole nitrogens is 1. The van der Waals surface area contributed by atoms with Crippen LogP contribution in [-0.4, -0.2) is 57.2 Å². The smallest absolute Gasteiger partial charge is 0.265 e. The lowest BCUT2D eigenvalue weighted by molar-refractivity contribution is -0.113. The number of aromatic amines is 1. The number of hydrogen-bond donors (Lipinski definition) is 2. The predicted molar refractivity (Wildman–Crippen MR) is 176 cm³/mol. The lowest BCUT2D eigenvalue weighted by atomic mass is 9.71. The van der Waals surface area contributed by atoms with E-state index in [0.717, 1.165) is 86.2 Å². The number of pyridine rings is 2. The molecule has 2 atom stereocenters. The van der Waals surface area contributed by atoms with E-state index in [4.69, 9.17) is 9.98 Å². The summed E-state index contributed by atoms with van der Waals surface area (Å²) in [4.78, 5) is 40.5. The first kappa shape index (κ1) is 31.1. The number of aliphatic hydroxyl groups excluding tert-OH is 1. The number of aryl methyl sites for hydroxylation is 1. The number of hydrogen-bond acceptors (Lipinski definition) is 7. The molecule has 8 heteroatoms. The number of aliphatic imine (C=N–C) groups is 1. The number of ketones is 1. The van der Waals surface area contributed by atoms with E-state index in [2.05, 4.69) is 48.9 Å². The van der Waals surface area contributed by atoms with Gasteiger partial charge in [0.15, 0.2) is 5.78 Å². The summed E-state index contributed by atoms with van der Waals surface area (Å²) in [6.07, 6.45) is 7.79. The Labute approximate surface area is 265 Å². The molecule has 1 fully saturated rings. The quantitative estimate of drug-likeness (QED) is 0.341. The van der Waals surface area contributed by atoms with E-state index in [0.29, 0.717) is 24.5 Å². The highest BCUT2D eigenvalue weighted by molar-refractivity contribution is 6.41. The standard InChI is InChI=1S/C37H43N5O3/c1-37(2,3)29-8-9-31-26(17-29)18-32-33(40-31)20-34(41-32)35(44)19-25(10-13-42-14-11-30(43)12-15-42)23-4-6-24(7-5-23)28-16-27(21-38)36(45)39-22-28/h4-7,16,18,22,25,29-30,43H,8-15,17,19-20H2,1-3H3,(H,39,45)/t25-,29-/m0/s1. The molecule has 4 heterocycles. The van der Waals surface area contributed by atoms with Crippen LogP contribution in [0, 0.1) is 22.7 Å². The van der Waals surface area contributed by atoms with Crippen molar-refractivity contribution in [1.82, 2.24) is 14.9 Å². The van der Waals surface area contributed by atoms with Crippen LogP contribution in [0.3, 0.4) is 0 Å². The maximum absolute atomic E-state index is 13.8. The number of carbonyl (C=O) groups excluding carboxylic acids is 1. The van der Waals surface area contributed by atoms with E-state index in [9.17, 15) is 20.0 Å². The first-order valence-electron chi connectivity index (χ1n) is 16.3. The zero-order chi connectivity index (χ0) is 31.7. The van der Waals surface area contributed by atoms with Gasteiger partial charge in [-0.3, -0.25) is 14.6 Å². The number of aromatic nitrogens is 2. The van der Waals surface area contributed by atoms with E-state index < -0.39 is 5.56 Å². The van der Waals surface area contributed by atoms with Crippen molar-refractivity contribution >= 4 is 17.2 Å². The second kappa shape index (κ2) is 12.8. The Hall–Kier alpha value is -3.93. The summed E-state index contributed by atoms with van der Waals surface area (Å²) >= 11 is 0. The number of nitrogens with zero attached hydrogens (tertiary/aromatic N) is 4. The third-order valence-electron chi connectivity index (χ3n) is 10.1. The van der Waals surface area contributed by atoms with Crippen molar-refractivity contribution in [3.8, 4) is 17.2 Å². The van der Waals surface area contributed by atoms with E-state index in [-0.39, 0.29) is 28.8 Å². The number of Topliss-reactive ketones (excluding diaryl/α,β-unsaturated/α-hetero) is 1. The van der Waals surface area contributed by atoms with Crippen molar-refractivity contribution in [3.05, 3.63) is 81.0 Å². The van der Waals surface area contributed by atoms with Crippen LogP contribution in [0.1, 0.15) is 86.9 Å². The Bertz CT molecular complexity index is 1700. The van der Waals surface area contributed by atoms with E-state index in [1.54, 1.807) is 12.3 Å². The Balaban J connectivity index is 1.20. The summed E-state index contributed by atoms with van der Waals surface area (Å²) in [5, 5.41) is 19.2. The SMILES string of the molecule is CC(C)(C)[C@H]1CCc2nc3c(cc2C1)N=C(C(=O)C[C@H](CCN1CCC(O)CC1)c1ccc(-c2c[nH]c(=O)c(C#N)c2)cc1)C3. The molecule has 2 aromatic heterocycles. The maximum Gasteiger partial charge on any atom is 0.265 e. The molecule has 6 rings (SSSR count). The molecular formula is C37H43N5O3. The number of benzene rings is 1. The zero-order valence-electron chi connectivity index (χ0n) is 26.6. The summed E-state index contributed by atoms with van der Waals surface area (Å²) in [5.74, 6) is 0.689. The molecule has 1 saturated heterocycles. The first-order chi connectivity index (χ1) is 21.6. The zero-order valence-corrected chi connectivity index (χ0v) is 26.6. The minimum absolute atomic E-state index is 0.00349.